The Kier molecular flexibility index (Phi) is 4.94. The van der Waals surface area contributed by atoms with Gasteiger partial charge in [0, 0.05) is 33.2 Å². The fourth-order valence-corrected chi connectivity index (χ4v) is 1.26. The van der Waals surface area contributed by atoms with Crippen LogP contribution in [0.3, 0.4) is 0 Å². The third-order valence-electron chi connectivity index (χ3n) is 1.36. The van der Waals surface area contributed by atoms with Crippen LogP contribution in [0.1, 0.15) is 12.8 Å². The van der Waals surface area contributed by atoms with Gasteiger partial charge in [0.1, 0.15) is 0 Å². The molecule has 0 atom stereocenters. The quantitative estimate of drug-likeness (QED) is 0.461. The van der Waals surface area contributed by atoms with E-state index >= 15 is 0 Å². The van der Waals surface area contributed by atoms with Crippen LogP contribution in [0.2, 0.25) is 0 Å². The molecule has 1 radical (unpaired) electrons. The first-order valence-corrected chi connectivity index (χ1v) is 3.58. The van der Waals surface area contributed by atoms with Gasteiger partial charge < -0.3 is 29.7 Å². The fourth-order valence-electron chi connectivity index (χ4n) is 0.900. The zero-order valence-corrected chi connectivity index (χ0v) is 8.46. The summed E-state index contributed by atoms with van der Waals surface area (Å²) in [5.41, 5.74) is 0. The number of likely N-dealkylation sites (tertiary alicyclic amines) is 1. The molecule has 1 nitrogen and oxygen atoms in total. The minimum atomic E-state index is 0. The number of hydrogen-bond acceptors (Lipinski definition) is 2. The molecule has 1 saturated heterocycles. The molecule has 0 amide bonds. The number of rotatable bonds is 0. The van der Waals surface area contributed by atoms with Crippen molar-refractivity contribution in [2.75, 3.05) is 13.1 Å². The summed E-state index contributed by atoms with van der Waals surface area (Å²) in [5.74, 6) is 0. The molecule has 1 aliphatic heterocycles. The van der Waals surface area contributed by atoms with Crippen LogP contribution >= 0.6 is 12.2 Å². The minimum absolute atomic E-state index is 0. The third-order valence-corrected chi connectivity index (χ3v) is 1.88. The Bertz CT molecular complexity index is 101. The van der Waals surface area contributed by atoms with E-state index in [2.05, 4.69) is 4.90 Å². The van der Waals surface area contributed by atoms with E-state index in [0.717, 1.165) is 13.1 Å². The molecule has 0 N–H and O–H groups in total. The Morgan fingerprint density at radius 2 is 1.78 bits per heavy atom. The largest absolute Gasteiger partial charge is 0.411 e. The van der Waals surface area contributed by atoms with Gasteiger partial charge in [0.15, 0.2) is 0 Å². The van der Waals surface area contributed by atoms with Gasteiger partial charge >= 0.3 is 0 Å². The van der Waals surface area contributed by atoms with Gasteiger partial charge in [-0.25, -0.2) is 0 Å². The van der Waals surface area contributed by atoms with Crippen LogP contribution in [0.25, 0.3) is 0 Å². The van der Waals surface area contributed by atoms with Gasteiger partial charge in [0.25, 0.3) is 0 Å². The standard InChI is InChI=1S/C5H9NS2.Tc/c7-5(8)6-3-1-2-4-6;/h1-4H2,(H,7,8);/p-1/i;1+1. The third kappa shape index (κ3) is 2.89. The first-order chi connectivity index (χ1) is 3.80. The second-order valence-electron chi connectivity index (χ2n) is 1.96. The van der Waals surface area contributed by atoms with E-state index in [-0.39, 0.29) is 20.1 Å². The van der Waals surface area contributed by atoms with Crippen molar-refractivity contribution in [2.24, 2.45) is 0 Å². The molecule has 0 aromatic rings. The summed E-state index contributed by atoms with van der Waals surface area (Å²) < 4.78 is 0.641. The van der Waals surface area contributed by atoms with Crippen molar-refractivity contribution < 1.29 is 20.1 Å². The molecule has 0 spiro atoms. The van der Waals surface area contributed by atoms with Crippen molar-refractivity contribution in [2.45, 2.75) is 12.8 Å². The van der Waals surface area contributed by atoms with Gasteiger partial charge in [0.2, 0.25) is 0 Å². The average molecular weight is 245 g/mol. The molecule has 4 heteroatoms. The molecule has 1 rings (SSSR count). The maximum Gasteiger partial charge on any atom is 0.0163 e. The molecule has 0 aromatic carbocycles. The summed E-state index contributed by atoms with van der Waals surface area (Å²) in [6.07, 6.45) is 2.52. The van der Waals surface area contributed by atoms with Gasteiger partial charge in [0.05, 0.1) is 0 Å². The molecule has 1 heterocycles. The van der Waals surface area contributed by atoms with Crippen molar-refractivity contribution in [1.29, 1.82) is 0 Å². The van der Waals surface area contributed by atoms with Crippen LogP contribution in [0.4, 0.5) is 0 Å². The number of nitrogens with zero attached hydrogens (tertiary/aromatic N) is 1. The zero-order chi connectivity index (χ0) is 5.98. The Labute approximate surface area is 79.9 Å². The Balaban J connectivity index is 0.000000640. The fraction of sp³-hybridized carbons (Fsp3) is 0.800. The Morgan fingerprint density at radius 3 is 2.00 bits per heavy atom. The Hall–Kier alpha value is 0.759. The van der Waals surface area contributed by atoms with Crippen molar-refractivity contribution in [3.8, 4) is 0 Å². The van der Waals surface area contributed by atoms with E-state index in [1.807, 2.05) is 0 Å². The van der Waals surface area contributed by atoms with Crippen LogP contribution in [0.5, 0.6) is 0 Å². The van der Waals surface area contributed by atoms with Crippen LogP contribution in [0.15, 0.2) is 0 Å². The van der Waals surface area contributed by atoms with Gasteiger partial charge in [-0.2, -0.15) is 0 Å². The first-order valence-electron chi connectivity index (χ1n) is 2.76. The van der Waals surface area contributed by atoms with Crippen molar-refractivity contribution in [1.82, 2.24) is 4.90 Å². The normalized spacial score (nSPS) is 17.1. The molecule has 0 aromatic heterocycles. The zero-order valence-electron chi connectivity index (χ0n) is 4.97. The Morgan fingerprint density at radius 1 is 1.33 bits per heavy atom. The van der Waals surface area contributed by atoms with Gasteiger partial charge in [-0.1, -0.05) is 4.32 Å². The summed E-state index contributed by atoms with van der Waals surface area (Å²) in [6.45, 7) is 2.17. The van der Waals surface area contributed by atoms with Crippen LogP contribution < -0.4 is 0 Å². The molecule has 0 unspecified atom stereocenters. The molecule has 1 aliphatic rings. The molecular weight excluding hydrogens is 237 g/mol. The minimum Gasteiger partial charge on any atom is -0.411 e. The molecule has 9 heavy (non-hydrogen) atoms. The number of thiocarbonyl (C=S) groups is 1. The van der Waals surface area contributed by atoms with Crippen molar-refractivity contribution in [3.63, 3.8) is 0 Å². The SMILES string of the molecule is S=C([S-])N1CCCC1.[99Tc]. The van der Waals surface area contributed by atoms with Crippen LogP contribution in [0, 0.1) is 0 Å². The van der Waals surface area contributed by atoms with E-state index in [4.69, 9.17) is 24.8 Å². The van der Waals surface area contributed by atoms with E-state index in [1.54, 1.807) is 0 Å². The van der Waals surface area contributed by atoms with Crippen LogP contribution in [-0.2, 0) is 32.7 Å². The first kappa shape index (κ1) is 9.76. The smallest absolute Gasteiger partial charge is 0.0163 e. The van der Waals surface area contributed by atoms with Gasteiger partial charge in [-0.05, 0) is 12.8 Å². The summed E-state index contributed by atoms with van der Waals surface area (Å²) in [7, 11) is 0. The topological polar surface area (TPSA) is 3.24 Å². The van der Waals surface area contributed by atoms with E-state index < -0.39 is 0 Å². The summed E-state index contributed by atoms with van der Waals surface area (Å²) >= 11 is 9.59. The summed E-state index contributed by atoms with van der Waals surface area (Å²) in [4.78, 5) is 2.07. The monoisotopic (exact) mass is 245 g/mol. The molecule has 1 fully saturated rings. The van der Waals surface area contributed by atoms with E-state index in [0.29, 0.717) is 4.32 Å². The second-order valence-corrected chi connectivity index (χ2v) is 2.99. The molecule has 0 aliphatic carbocycles. The second kappa shape index (κ2) is 4.56. The molecule has 0 saturated carbocycles. The predicted molar refractivity (Wildman–Crippen MR) is 40.8 cm³/mol. The maximum atomic E-state index is 4.80. The van der Waals surface area contributed by atoms with Crippen LogP contribution in [-0.4, -0.2) is 22.3 Å². The molecule has 0 bridgehead atoms. The van der Waals surface area contributed by atoms with E-state index in [9.17, 15) is 0 Å². The summed E-state index contributed by atoms with van der Waals surface area (Å²) in [5, 5.41) is 0. The van der Waals surface area contributed by atoms with Gasteiger partial charge in [-0.3, -0.25) is 0 Å². The predicted octanol–water partition coefficient (Wildman–Crippen LogP) is 0.911. The molecule has 53 valence electrons. The number of hydrogen-bond donors (Lipinski definition) is 0. The van der Waals surface area contributed by atoms with E-state index in [1.165, 1.54) is 12.8 Å². The maximum absolute atomic E-state index is 4.80. The summed E-state index contributed by atoms with van der Waals surface area (Å²) in [6, 6.07) is 0. The van der Waals surface area contributed by atoms with Crippen molar-refractivity contribution >= 4 is 29.2 Å². The molecular formula is C5H8NS2Tc-. The van der Waals surface area contributed by atoms with Crippen molar-refractivity contribution in [3.05, 3.63) is 0 Å². The van der Waals surface area contributed by atoms with Gasteiger partial charge in [-0.15, -0.1) is 0 Å². The average Bonchev–Trinajstić information content (AvgIpc) is 2.12.